The molecule has 1 N–H and O–H groups in total. The van der Waals surface area contributed by atoms with Crippen LogP contribution in [0.1, 0.15) is 43.2 Å². The number of anilines is 2. The molecule has 3 heterocycles. The summed E-state index contributed by atoms with van der Waals surface area (Å²) in [4.78, 5) is 9.48. The zero-order valence-electron chi connectivity index (χ0n) is 18.4. The number of piperazine rings is 1. The Morgan fingerprint density at radius 1 is 1.19 bits per heavy atom. The second kappa shape index (κ2) is 9.05. The first-order chi connectivity index (χ1) is 14.9. The minimum absolute atomic E-state index is 0.149. The lowest BCUT2D eigenvalue weighted by Gasteiger charge is -2.39. The Morgan fingerprint density at radius 2 is 1.90 bits per heavy atom. The molecule has 31 heavy (non-hydrogen) atoms. The summed E-state index contributed by atoms with van der Waals surface area (Å²) in [6, 6.07) is 12.5. The van der Waals surface area contributed by atoms with Gasteiger partial charge in [-0.1, -0.05) is 39.0 Å². The number of benzene rings is 1. The van der Waals surface area contributed by atoms with Gasteiger partial charge < -0.3 is 15.1 Å². The van der Waals surface area contributed by atoms with Gasteiger partial charge in [-0.3, -0.25) is 0 Å². The quantitative estimate of drug-likeness (QED) is 0.684. The predicted octanol–water partition coefficient (Wildman–Crippen LogP) is 4.60. The van der Waals surface area contributed by atoms with Gasteiger partial charge in [-0.25, -0.2) is 4.98 Å². The molecule has 0 amide bonds. The molecular formula is C24H29N5S2. The highest BCUT2D eigenvalue weighted by Crippen LogP contribution is 2.42. The van der Waals surface area contributed by atoms with Crippen LogP contribution in [-0.4, -0.2) is 45.9 Å². The van der Waals surface area contributed by atoms with Crippen molar-refractivity contribution in [3.63, 3.8) is 0 Å². The van der Waals surface area contributed by atoms with Crippen molar-refractivity contribution in [2.24, 2.45) is 0 Å². The number of thioether (sulfide) groups is 1. The second-order valence-electron chi connectivity index (χ2n) is 8.67. The topological polar surface area (TPSA) is 55.2 Å². The number of hydrogen-bond donors (Lipinski definition) is 1. The summed E-state index contributed by atoms with van der Waals surface area (Å²) in [7, 11) is 0. The summed E-state index contributed by atoms with van der Waals surface area (Å²) in [5.74, 6) is 1.81. The third-order valence-electron chi connectivity index (χ3n) is 6.03. The lowest BCUT2D eigenvalue weighted by molar-refractivity contribution is 0.389. The molecule has 5 nitrogen and oxygen atoms in total. The lowest BCUT2D eigenvalue weighted by atomic mass is 9.91. The van der Waals surface area contributed by atoms with E-state index in [9.17, 15) is 5.26 Å². The first-order valence-electron chi connectivity index (χ1n) is 10.9. The van der Waals surface area contributed by atoms with Gasteiger partial charge in [-0.15, -0.1) is 0 Å². The lowest BCUT2D eigenvalue weighted by Crippen LogP contribution is -2.50. The summed E-state index contributed by atoms with van der Waals surface area (Å²) in [6.45, 7) is 9.93. The van der Waals surface area contributed by atoms with Gasteiger partial charge in [0.15, 0.2) is 5.11 Å². The molecule has 0 atom stereocenters. The van der Waals surface area contributed by atoms with E-state index in [2.05, 4.69) is 42.0 Å². The number of rotatable bonds is 3. The van der Waals surface area contributed by atoms with Crippen molar-refractivity contribution in [1.29, 1.82) is 5.26 Å². The largest absolute Gasteiger partial charge is 0.352 e. The maximum absolute atomic E-state index is 10.1. The molecule has 162 valence electrons. The van der Waals surface area contributed by atoms with Gasteiger partial charge in [-0.2, -0.15) is 17.0 Å². The molecule has 0 aliphatic carbocycles. The van der Waals surface area contributed by atoms with Gasteiger partial charge >= 0.3 is 0 Å². The molecule has 0 radical (unpaired) electrons. The summed E-state index contributed by atoms with van der Waals surface area (Å²) >= 11 is 7.60. The molecule has 1 aromatic heterocycles. The zero-order chi connectivity index (χ0) is 22.0. The molecule has 7 heteroatoms. The van der Waals surface area contributed by atoms with Crippen LogP contribution in [0.5, 0.6) is 0 Å². The van der Waals surface area contributed by atoms with Crippen LogP contribution in [0.4, 0.5) is 11.5 Å². The number of pyridine rings is 1. The van der Waals surface area contributed by atoms with E-state index in [1.165, 1.54) is 11.1 Å². The van der Waals surface area contributed by atoms with E-state index in [4.69, 9.17) is 17.2 Å². The number of aryl methyl sites for hydroxylation is 1. The minimum atomic E-state index is 0.149. The van der Waals surface area contributed by atoms with Crippen LogP contribution in [0.25, 0.3) is 0 Å². The molecule has 0 spiro atoms. The van der Waals surface area contributed by atoms with Crippen LogP contribution in [0.15, 0.2) is 30.3 Å². The molecule has 1 aromatic carbocycles. The summed E-state index contributed by atoms with van der Waals surface area (Å²) < 4.78 is 0.149. The van der Waals surface area contributed by atoms with Gasteiger partial charge in [0.05, 0.1) is 5.56 Å². The number of aromatic nitrogens is 1. The molecule has 2 aliphatic rings. The van der Waals surface area contributed by atoms with Crippen LogP contribution in [0, 0.1) is 11.3 Å². The number of para-hydroxylation sites is 1. The molecule has 4 rings (SSSR count). The van der Waals surface area contributed by atoms with Crippen LogP contribution < -0.4 is 10.2 Å². The molecule has 2 aromatic rings. The minimum Gasteiger partial charge on any atom is -0.352 e. The van der Waals surface area contributed by atoms with Gasteiger partial charge in [-0.05, 0) is 48.3 Å². The molecular weight excluding hydrogens is 422 g/mol. The first kappa shape index (κ1) is 21.9. The van der Waals surface area contributed by atoms with Gasteiger partial charge in [0.2, 0.25) is 0 Å². The third kappa shape index (κ3) is 4.65. The highest BCUT2D eigenvalue weighted by atomic mass is 32.2. The predicted molar refractivity (Wildman–Crippen MR) is 134 cm³/mol. The smallest absolute Gasteiger partial charge is 0.173 e. The Hall–Kier alpha value is -2.30. The van der Waals surface area contributed by atoms with Crippen LogP contribution in [0.3, 0.4) is 0 Å². The molecule has 1 fully saturated rings. The number of thiocarbonyl (C=S) groups is 1. The Bertz CT molecular complexity index is 1000. The fraction of sp³-hybridized carbons (Fsp3) is 0.458. The van der Waals surface area contributed by atoms with E-state index >= 15 is 0 Å². The maximum Gasteiger partial charge on any atom is 0.173 e. The fourth-order valence-corrected chi connectivity index (χ4v) is 5.73. The molecule has 0 unspecified atom stereocenters. The van der Waals surface area contributed by atoms with E-state index in [-0.39, 0.29) is 4.75 Å². The summed E-state index contributed by atoms with van der Waals surface area (Å²) in [6.07, 6.45) is 1.82. The van der Waals surface area contributed by atoms with E-state index in [0.29, 0.717) is 0 Å². The maximum atomic E-state index is 10.1. The van der Waals surface area contributed by atoms with Crippen molar-refractivity contribution in [2.45, 2.75) is 44.1 Å². The zero-order valence-corrected chi connectivity index (χ0v) is 20.1. The molecule has 2 aliphatic heterocycles. The van der Waals surface area contributed by atoms with E-state index in [0.717, 1.165) is 72.6 Å². The first-order valence-corrected chi connectivity index (χ1v) is 12.3. The SMILES string of the molecule is CCc1nc(N2CCN(C(=S)Nc3ccccc3)CC2)c(C#N)c2c1CSC(C)(C)C2. The monoisotopic (exact) mass is 451 g/mol. The number of hydrogen-bond acceptors (Lipinski definition) is 5. The van der Waals surface area contributed by atoms with Crippen molar-refractivity contribution in [3.8, 4) is 6.07 Å². The van der Waals surface area contributed by atoms with Crippen molar-refractivity contribution >= 4 is 40.6 Å². The van der Waals surface area contributed by atoms with Crippen molar-refractivity contribution in [2.75, 3.05) is 36.4 Å². The third-order valence-corrected chi connectivity index (χ3v) is 7.75. The highest BCUT2D eigenvalue weighted by Gasteiger charge is 2.33. The fourth-order valence-electron chi connectivity index (χ4n) is 4.31. The second-order valence-corrected chi connectivity index (χ2v) is 10.7. The standard InChI is InChI=1S/C24H29N5S2/c1-4-21-20-16-31-24(2,3)14-18(20)19(15-25)22(27-21)28-10-12-29(13-11-28)23(30)26-17-8-6-5-7-9-17/h5-9H,4,10-14,16H2,1-3H3,(H,26,30). The highest BCUT2D eigenvalue weighted by molar-refractivity contribution is 7.99. The van der Waals surface area contributed by atoms with E-state index in [1.54, 1.807) is 0 Å². The molecule has 1 saturated heterocycles. The normalized spacial score (nSPS) is 17.6. The average molecular weight is 452 g/mol. The molecule has 0 bridgehead atoms. The van der Waals surface area contributed by atoms with E-state index < -0.39 is 0 Å². The number of fused-ring (bicyclic) bond motifs is 1. The van der Waals surface area contributed by atoms with Crippen LogP contribution in [-0.2, 0) is 18.6 Å². The molecule has 0 saturated carbocycles. The van der Waals surface area contributed by atoms with Gasteiger partial charge in [0.1, 0.15) is 11.9 Å². The van der Waals surface area contributed by atoms with Gasteiger partial charge in [0.25, 0.3) is 0 Å². The summed E-state index contributed by atoms with van der Waals surface area (Å²) in [5.41, 5.74) is 5.44. The van der Waals surface area contributed by atoms with Crippen molar-refractivity contribution in [3.05, 3.63) is 52.7 Å². The Morgan fingerprint density at radius 3 is 2.55 bits per heavy atom. The average Bonchev–Trinajstić information content (AvgIpc) is 2.78. The van der Waals surface area contributed by atoms with Crippen molar-refractivity contribution < 1.29 is 0 Å². The van der Waals surface area contributed by atoms with E-state index in [1.807, 2.05) is 42.1 Å². The Balaban J connectivity index is 1.53. The number of nitrogens with one attached hydrogen (secondary N) is 1. The Labute approximate surface area is 194 Å². The number of nitriles is 1. The van der Waals surface area contributed by atoms with Crippen LogP contribution >= 0.6 is 24.0 Å². The van der Waals surface area contributed by atoms with Crippen LogP contribution in [0.2, 0.25) is 0 Å². The summed E-state index contributed by atoms with van der Waals surface area (Å²) in [5, 5.41) is 14.2. The number of nitrogens with zero attached hydrogens (tertiary/aromatic N) is 4. The van der Waals surface area contributed by atoms with Gasteiger partial charge in [0, 0.05) is 48.1 Å². The van der Waals surface area contributed by atoms with Crippen molar-refractivity contribution in [1.82, 2.24) is 9.88 Å². The Kier molecular flexibility index (Phi) is 6.40.